The molecule has 0 aliphatic carbocycles. The molecule has 5 nitrogen and oxygen atoms in total. The minimum Gasteiger partial charge on any atom is -0.492 e. The van der Waals surface area contributed by atoms with Crippen LogP contribution in [0.15, 0.2) is 54.6 Å². The second-order valence-corrected chi connectivity index (χ2v) is 6.64. The van der Waals surface area contributed by atoms with Crippen molar-refractivity contribution in [1.82, 2.24) is 9.97 Å². The summed E-state index contributed by atoms with van der Waals surface area (Å²) in [5.41, 5.74) is 4.02. The molecule has 0 spiro atoms. The van der Waals surface area contributed by atoms with Crippen molar-refractivity contribution in [3.63, 3.8) is 0 Å². The number of benzene rings is 2. The summed E-state index contributed by atoms with van der Waals surface area (Å²) in [6, 6.07) is 18.0. The van der Waals surface area contributed by atoms with Crippen LogP contribution in [0.1, 0.15) is 37.9 Å². The smallest absolute Gasteiger partial charge is 0.229 e. The first-order chi connectivity index (χ1) is 13.1. The molecule has 3 rings (SSSR count). The lowest BCUT2D eigenvalue weighted by Gasteiger charge is -2.15. The molecule has 0 amide bonds. The molecule has 0 saturated carbocycles. The lowest BCUT2D eigenvalue weighted by atomic mass is 10.0. The van der Waals surface area contributed by atoms with Gasteiger partial charge in [0.05, 0.1) is 12.3 Å². The number of hydrogen-bond donors (Lipinski definition) is 2. The van der Waals surface area contributed by atoms with E-state index in [-0.39, 0.29) is 0 Å². The van der Waals surface area contributed by atoms with Gasteiger partial charge in [-0.3, -0.25) is 0 Å². The lowest BCUT2D eigenvalue weighted by Crippen LogP contribution is -2.05. The van der Waals surface area contributed by atoms with E-state index in [2.05, 4.69) is 52.6 Å². The first kappa shape index (κ1) is 18.7. The Labute approximate surface area is 160 Å². The Morgan fingerprint density at radius 2 is 1.63 bits per heavy atom. The zero-order chi connectivity index (χ0) is 19.2. The fraction of sp³-hybridized carbons (Fsp3) is 0.273. The molecule has 2 N–H and O–H groups in total. The Balaban J connectivity index is 1.88. The highest BCUT2D eigenvalue weighted by Gasteiger charge is 2.10. The molecule has 1 heterocycles. The number of ether oxygens (including phenoxy) is 1. The molecule has 0 radical (unpaired) electrons. The Morgan fingerprint density at radius 3 is 2.37 bits per heavy atom. The number of aryl methyl sites for hydroxylation is 1. The van der Waals surface area contributed by atoms with E-state index in [1.165, 1.54) is 5.56 Å². The molecule has 0 saturated heterocycles. The number of para-hydroxylation sites is 3. The van der Waals surface area contributed by atoms with Gasteiger partial charge in [-0.25, -0.2) is 4.98 Å². The number of rotatable bonds is 7. The number of anilines is 4. The SMILES string of the molecule is CCOc1ccccc1Nc1cc(C)nc(Nc2ccccc2C(C)C)n1. The summed E-state index contributed by atoms with van der Waals surface area (Å²) in [5, 5.41) is 6.71. The van der Waals surface area contributed by atoms with E-state index >= 15 is 0 Å². The molecule has 0 fully saturated rings. The highest BCUT2D eigenvalue weighted by Crippen LogP contribution is 2.29. The molecule has 2 aromatic carbocycles. The van der Waals surface area contributed by atoms with Crippen molar-refractivity contribution >= 4 is 23.1 Å². The van der Waals surface area contributed by atoms with Gasteiger partial charge in [-0.05, 0) is 43.5 Å². The Bertz CT molecular complexity index is 908. The second kappa shape index (κ2) is 8.54. The van der Waals surface area contributed by atoms with Crippen LogP contribution in [0.4, 0.5) is 23.1 Å². The third kappa shape index (κ3) is 4.76. The predicted octanol–water partition coefficient (Wildman–Crippen LogP) is 5.79. The maximum absolute atomic E-state index is 5.69. The average molecular weight is 362 g/mol. The first-order valence-corrected chi connectivity index (χ1v) is 9.27. The van der Waals surface area contributed by atoms with Gasteiger partial charge in [0.1, 0.15) is 11.6 Å². The van der Waals surface area contributed by atoms with Gasteiger partial charge in [-0.2, -0.15) is 4.98 Å². The third-order valence-electron chi connectivity index (χ3n) is 4.13. The molecule has 0 aliphatic rings. The third-order valence-corrected chi connectivity index (χ3v) is 4.13. The fourth-order valence-electron chi connectivity index (χ4n) is 2.91. The summed E-state index contributed by atoms with van der Waals surface area (Å²) >= 11 is 0. The van der Waals surface area contributed by atoms with E-state index in [1.54, 1.807) is 0 Å². The van der Waals surface area contributed by atoms with Crippen molar-refractivity contribution in [3.05, 3.63) is 65.9 Å². The fourth-order valence-corrected chi connectivity index (χ4v) is 2.91. The number of nitrogens with one attached hydrogen (secondary N) is 2. The molecule has 1 aromatic heterocycles. The predicted molar refractivity (Wildman–Crippen MR) is 111 cm³/mol. The molecule has 5 heteroatoms. The molecule has 0 aliphatic heterocycles. The van der Waals surface area contributed by atoms with Crippen LogP contribution < -0.4 is 15.4 Å². The topological polar surface area (TPSA) is 59.1 Å². The van der Waals surface area contributed by atoms with Crippen molar-refractivity contribution in [2.45, 2.75) is 33.6 Å². The van der Waals surface area contributed by atoms with Crippen molar-refractivity contribution in [3.8, 4) is 5.75 Å². The minimum atomic E-state index is 0.411. The average Bonchev–Trinajstić information content (AvgIpc) is 2.63. The molecule has 0 atom stereocenters. The number of aromatic nitrogens is 2. The maximum atomic E-state index is 5.69. The summed E-state index contributed by atoms with van der Waals surface area (Å²) < 4.78 is 5.69. The monoisotopic (exact) mass is 362 g/mol. The lowest BCUT2D eigenvalue weighted by molar-refractivity contribution is 0.342. The summed E-state index contributed by atoms with van der Waals surface area (Å²) in [5.74, 6) is 2.50. The number of nitrogens with zero attached hydrogens (tertiary/aromatic N) is 2. The molecule has 0 bridgehead atoms. The van der Waals surface area contributed by atoms with Gasteiger partial charge >= 0.3 is 0 Å². The van der Waals surface area contributed by atoms with E-state index in [0.717, 1.165) is 28.6 Å². The van der Waals surface area contributed by atoms with E-state index in [9.17, 15) is 0 Å². The van der Waals surface area contributed by atoms with Gasteiger partial charge in [0.15, 0.2) is 0 Å². The molecule has 140 valence electrons. The summed E-state index contributed by atoms with van der Waals surface area (Å²) in [6.45, 7) is 8.89. The van der Waals surface area contributed by atoms with Crippen molar-refractivity contribution in [1.29, 1.82) is 0 Å². The molecular weight excluding hydrogens is 336 g/mol. The standard InChI is InChI=1S/C22H26N4O/c1-5-27-20-13-9-8-12-19(20)24-21-14-16(4)23-22(26-21)25-18-11-7-6-10-17(18)15(2)3/h6-15H,5H2,1-4H3,(H2,23,24,25,26). The minimum absolute atomic E-state index is 0.411. The Hall–Kier alpha value is -3.08. The number of hydrogen-bond acceptors (Lipinski definition) is 5. The van der Waals surface area contributed by atoms with Crippen molar-refractivity contribution in [2.24, 2.45) is 0 Å². The zero-order valence-corrected chi connectivity index (χ0v) is 16.3. The van der Waals surface area contributed by atoms with Gasteiger partial charge in [0.2, 0.25) is 5.95 Å². The van der Waals surface area contributed by atoms with Crippen LogP contribution >= 0.6 is 0 Å². The highest BCUT2D eigenvalue weighted by atomic mass is 16.5. The second-order valence-electron chi connectivity index (χ2n) is 6.64. The van der Waals surface area contributed by atoms with Gasteiger partial charge in [-0.1, -0.05) is 44.2 Å². The van der Waals surface area contributed by atoms with E-state index < -0.39 is 0 Å². The van der Waals surface area contributed by atoms with Crippen LogP contribution in [0, 0.1) is 6.92 Å². The van der Waals surface area contributed by atoms with Crippen LogP contribution in [0.3, 0.4) is 0 Å². The Kier molecular flexibility index (Phi) is 5.91. The zero-order valence-electron chi connectivity index (χ0n) is 16.3. The van der Waals surface area contributed by atoms with Crippen LogP contribution in [0.2, 0.25) is 0 Å². The maximum Gasteiger partial charge on any atom is 0.229 e. The highest BCUT2D eigenvalue weighted by molar-refractivity contribution is 5.66. The Morgan fingerprint density at radius 1 is 0.926 bits per heavy atom. The van der Waals surface area contributed by atoms with Gasteiger partial charge in [0.25, 0.3) is 0 Å². The van der Waals surface area contributed by atoms with E-state index in [1.807, 2.05) is 50.2 Å². The van der Waals surface area contributed by atoms with Crippen LogP contribution in [0.5, 0.6) is 5.75 Å². The molecule has 3 aromatic rings. The molecule has 27 heavy (non-hydrogen) atoms. The summed E-state index contributed by atoms with van der Waals surface area (Å²) in [4.78, 5) is 9.17. The van der Waals surface area contributed by atoms with Crippen LogP contribution in [0.25, 0.3) is 0 Å². The van der Waals surface area contributed by atoms with Crippen LogP contribution in [-0.4, -0.2) is 16.6 Å². The van der Waals surface area contributed by atoms with Crippen LogP contribution in [-0.2, 0) is 0 Å². The normalized spacial score (nSPS) is 10.7. The largest absolute Gasteiger partial charge is 0.492 e. The van der Waals surface area contributed by atoms with Gasteiger partial charge in [0, 0.05) is 17.4 Å². The van der Waals surface area contributed by atoms with E-state index in [0.29, 0.717) is 18.5 Å². The van der Waals surface area contributed by atoms with Gasteiger partial charge in [-0.15, -0.1) is 0 Å². The summed E-state index contributed by atoms with van der Waals surface area (Å²) in [7, 11) is 0. The summed E-state index contributed by atoms with van der Waals surface area (Å²) in [6.07, 6.45) is 0. The molecular formula is C22H26N4O. The van der Waals surface area contributed by atoms with E-state index in [4.69, 9.17) is 4.74 Å². The van der Waals surface area contributed by atoms with Crippen molar-refractivity contribution < 1.29 is 4.74 Å². The molecule has 0 unspecified atom stereocenters. The van der Waals surface area contributed by atoms with Gasteiger partial charge < -0.3 is 15.4 Å². The first-order valence-electron chi connectivity index (χ1n) is 9.27. The quantitative estimate of drug-likeness (QED) is 0.557. The van der Waals surface area contributed by atoms with Crippen molar-refractivity contribution in [2.75, 3.05) is 17.2 Å².